The van der Waals surface area contributed by atoms with Crippen molar-refractivity contribution in [1.29, 1.82) is 0 Å². The molecule has 0 atom stereocenters. The maximum absolute atomic E-state index is 13.7. The number of aromatic nitrogens is 2. The molecule has 0 aromatic carbocycles. The fourth-order valence-electron chi connectivity index (χ4n) is 4.57. The van der Waals surface area contributed by atoms with Gasteiger partial charge in [-0.1, -0.05) is 24.9 Å². The molecule has 29 heavy (non-hydrogen) atoms. The van der Waals surface area contributed by atoms with Crippen molar-refractivity contribution in [2.75, 3.05) is 24.5 Å². The van der Waals surface area contributed by atoms with Crippen LogP contribution in [0.25, 0.3) is 0 Å². The number of carbonyl (C=O) groups is 1. The van der Waals surface area contributed by atoms with E-state index in [1.165, 1.54) is 0 Å². The van der Waals surface area contributed by atoms with Crippen molar-refractivity contribution in [2.45, 2.75) is 91.3 Å². The molecule has 1 fully saturated rings. The van der Waals surface area contributed by atoms with Gasteiger partial charge < -0.3 is 15.1 Å². The van der Waals surface area contributed by atoms with Crippen LogP contribution in [0.3, 0.4) is 0 Å². The van der Waals surface area contributed by atoms with E-state index < -0.39 is 0 Å². The summed E-state index contributed by atoms with van der Waals surface area (Å²) in [7, 11) is 0. The van der Waals surface area contributed by atoms with Crippen molar-refractivity contribution in [3.05, 3.63) is 16.9 Å². The number of hydrogen-bond acceptors (Lipinski definition) is 5. The molecule has 1 amide bonds. The van der Waals surface area contributed by atoms with Gasteiger partial charge in [-0.3, -0.25) is 4.79 Å². The van der Waals surface area contributed by atoms with Crippen LogP contribution in [0.1, 0.15) is 84.6 Å². The first kappa shape index (κ1) is 23.9. The van der Waals surface area contributed by atoms with E-state index in [0.717, 1.165) is 38.8 Å². The maximum Gasteiger partial charge on any atom is 0.274 e. The number of nitrogens with zero attached hydrogens (tertiary/aromatic N) is 4. The first-order valence-electron chi connectivity index (χ1n) is 10.9. The molecular formula is C22H38ClN5O. The topological polar surface area (TPSA) is 61.4 Å². The zero-order chi connectivity index (χ0) is 21.8. The summed E-state index contributed by atoms with van der Waals surface area (Å²) in [5.74, 6) is 0.474. The molecule has 0 unspecified atom stereocenters. The number of amides is 1. The van der Waals surface area contributed by atoms with Crippen LogP contribution < -0.4 is 10.2 Å². The molecule has 1 aliphatic heterocycles. The van der Waals surface area contributed by atoms with Crippen LogP contribution in [-0.4, -0.2) is 57.5 Å². The van der Waals surface area contributed by atoms with E-state index in [1.54, 1.807) is 6.20 Å². The van der Waals surface area contributed by atoms with Crippen LogP contribution in [0.15, 0.2) is 6.20 Å². The average molecular weight is 424 g/mol. The molecule has 0 radical (unpaired) electrons. The molecule has 1 aliphatic rings. The lowest BCUT2D eigenvalue weighted by Crippen LogP contribution is -2.63. The number of unbranched alkanes of at least 4 members (excludes halogenated alkanes) is 1. The number of anilines is 1. The first-order chi connectivity index (χ1) is 13.5. The molecule has 1 N–H and O–H groups in total. The molecule has 1 aromatic heterocycles. The molecule has 0 spiro atoms. The molecule has 0 aliphatic carbocycles. The molecule has 164 valence electrons. The quantitative estimate of drug-likeness (QED) is 0.665. The SMILES string of the molecule is CCCCN(C(=O)c1nc(N(CC)CC)ncc1Cl)C1CC(C)(C)NC(C)(C)C1. The number of hydrogen-bond donors (Lipinski definition) is 1. The molecule has 0 bridgehead atoms. The van der Waals surface area contributed by atoms with E-state index in [1.807, 2.05) is 9.80 Å². The van der Waals surface area contributed by atoms with Gasteiger partial charge in [-0.05, 0) is 60.8 Å². The molecule has 1 aromatic rings. The van der Waals surface area contributed by atoms with Crippen LogP contribution in [0.4, 0.5) is 5.95 Å². The number of rotatable bonds is 8. The van der Waals surface area contributed by atoms with Crippen molar-refractivity contribution < 1.29 is 4.79 Å². The van der Waals surface area contributed by atoms with E-state index in [2.05, 4.69) is 63.8 Å². The summed E-state index contributed by atoms with van der Waals surface area (Å²) < 4.78 is 0. The highest BCUT2D eigenvalue weighted by atomic mass is 35.5. The highest BCUT2D eigenvalue weighted by molar-refractivity contribution is 6.33. The molecular weight excluding hydrogens is 386 g/mol. The predicted molar refractivity (Wildman–Crippen MR) is 121 cm³/mol. The lowest BCUT2D eigenvalue weighted by molar-refractivity contribution is 0.0436. The maximum atomic E-state index is 13.7. The largest absolute Gasteiger partial charge is 0.341 e. The van der Waals surface area contributed by atoms with Gasteiger partial charge in [0.2, 0.25) is 5.95 Å². The first-order valence-corrected chi connectivity index (χ1v) is 11.3. The summed E-state index contributed by atoms with van der Waals surface area (Å²) in [6.07, 6.45) is 5.35. The Morgan fingerprint density at radius 1 is 1.17 bits per heavy atom. The number of piperidine rings is 1. The van der Waals surface area contributed by atoms with Crippen molar-refractivity contribution >= 4 is 23.5 Å². The summed E-state index contributed by atoms with van der Waals surface area (Å²) in [4.78, 5) is 26.6. The van der Waals surface area contributed by atoms with Gasteiger partial charge >= 0.3 is 0 Å². The van der Waals surface area contributed by atoms with Gasteiger partial charge in [-0.15, -0.1) is 0 Å². The minimum atomic E-state index is -0.0854. The van der Waals surface area contributed by atoms with E-state index in [-0.39, 0.29) is 23.0 Å². The third kappa shape index (κ3) is 6.05. The number of carbonyl (C=O) groups excluding carboxylic acids is 1. The van der Waals surface area contributed by atoms with Crippen LogP contribution in [0.5, 0.6) is 0 Å². The van der Waals surface area contributed by atoms with Crippen LogP contribution >= 0.6 is 11.6 Å². The Morgan fingerprint density at radius 3 is 2.28 bits per heavy atom. The predicted octanol–water partition coefficient (Wildman–Crippen LogP) is 4.53. The van der Waals surface area contributed by atoms with Gasteiger partial charge in [0.05, 0.1) is 11.2 Å². The van der Waals surface area contributed by atoms with Crippen molar-refractivity contribution in [2.24, 2.45) is 0 Å². The smallest absolute Gasteiger partial charge is 0.274 e. The van der Waals surface area contributed by atoms with E-state index in [0.29, 0.717) is 23.2 Å². The Morgan fingerprint density at radius 2 is 1.76 bits per heavy atom. The van der Waals surface area contributed by atoms with Gasteiger partial charge in [-0.2, -0.15) is 0 Å². The Balaban J connectivity index is 2.40. The second-order valence-electron chi connectivity index (χ2n) is 9.35. The second kappa shape index (κ2) is 9.61. The van der Waals surface area contributed by atoms with Crippen LogP contribution in [-0.2, 0) is 0 Å². The van der Waals surface area contributed by atoms with Gasteiger partial charge in [0.1, 0.15) is 0 Å². The molecule has 6 nitrogen and oxygen atoms in total. The lowest BCUT2D eigenvalue weighted by Gasteiger charge is -2.49. The zero-order valence-electron chi connectivity index (χ0n) is 19.2. The third-order valence-corrected chi connectivity index (χ3v) is 5.88. The molecule has 1 saturated heterocycles. The third-order valence-electron chi connectivity index (χ3n) is 5.60. The second-order valence-corrected chi connectivity index (χ2v) is 9.75. The Kier molecular flexibility index (Phi) is 7.91. The number of nitrogens with one attached hydrogen (secondary N) is 1. The Bertz CT molecular complexity index is 686. The van der Waals surface area contributed by atoms with Gasteiger partial charge in [0.25, 0.3) is 5.91 Å². The van der Waals surface area contributed by atoms with Gasteiger partial charge in [0.15, 0.2) is 5.69 Å². The molecule has 0 saturated carbocycles. The average Bonchev–Trinajstić information content (AvgIpc) is 2.61. The highest BCUT2D eigenvalue weighted by Crippen LogP contribution is 2.33. The monoisotopic (exact) mass is 423 g/mol. The standard InChI is InChI=1S/C22H38ClN5O/c1-8-11-12-28(16-13-21(4,5)26-22(6,7)14-16)19(29)18-17(23)15-24-20(25-18)27(9-2)10-3/h15-16,26H,8-14H2,1-7H3. The van der Waals surface area contributed by atoms with E-state index >= 15 is 0 Å². The minimum absolute atomic E-state index is 0.0427. The Labute approximate surface area is 181 Å². The van der Waals surface area contributed by atoms with Crippen LogP contribution in [0.2, 0.25) is 5.02 Å². The van der Waals surface area contributed by atoms with Crippen LogP contribution in [0, 0.1) is 0 Å². The number of halogens is 1. The minimum Gasteiger partial charge on any atom is -0.341 e. The molecule has 7 heteroatoms. The fraction of sp³-hybridized carbons (Fsp3) is 0.773. The highest BCUT2D eigenvalue weighted by Gasteiger charge is 2.41. The summed E-state index contributed by atoms with van der Waals surface area (Å²) in [5.41, 5.74) is 0.228. The van der Waals surface area contributed by atoms with Crippen molar-refractivity contribution in [1.82, 2.24) is 20.2 Å². The van der Waals surface area contributed by atoms with Crippen molar-refractivity contribution in [3.8, 4) is 0 Å². The van der Waals surface area contributed by atoms with Crippen molar-refractivity contribution in [3.63, 3.8) is 0 Å². The van der Waals surface area contributed by atoms with Gasteiger partial charge in [0, 0.05) is 36.8 Å². The van der Waals surface area contributed by atoms with Gasteiger partial charge in [-0.25, -0.2) is 9.97 Å². The molecule has 2 rings (SSSR count). The summed E-state index contributed by atoms with van der Waals surface area (Å²) in [6.45, 7) is 17.4. The van der Waals surface area contributed by atoms with E-state index in [9.17, 15) is 4.79 Å². The molecule has 2 heterocycles. The Hall–Kier alpha value is -1.40. The van der Waals surface area contributed by atoms with E-state index in [4.69, 9.17) is 11.6 Å². The summed E-state index contributed by atoms with van der Waals surface area (Å²) in [5, 5.41) is 4.03. The summed E-state index contributed by atoms with van der Waals surface area (Å²) in [6, 6.07) is 0.142. The summed E-state index contributed by atoms with van der Waals surface area (Å²) >= 11 is 6.41. The lowest BCUT2D eigenvalue weighted by atomic mass is 9.79. The normalized spacial score (nSPS) is 18.5. The fourth-order valence-corrected chi connectivity index (χ4v) is 4.74. The zero-order valence-corrected chi connectivity index (χ0v) is 19.9.